The van der Waals surface area contributed by atoms with Crippen LogP contribution in [0, 0.1) is 0 Å². The molecule has 3 heteroatoms. The van der Waals surface area contributed by atoms with Crippen LogP contribution in [0.2, 0.25) is 5.02 Å². The molecule has 12 heavy (non-hydrogen) atoms. The fraction of sp³-hybridized carbons (Fsp3) is 0.333. The maximum Gasteiger partial charge on any atom is 0.162 e. The molecule has 0 fully saturated rings. The van der Waals surface area contributed by atoms with Gasteiger partial charge in [0, 0.05) is 11.1 Å². The Kier molecular flexibility index (Phi) is 2.82. The Labute approximate surface area is 76.7 Å². The van der Waals surface area contributed by atoms with Gasteiger partial charge in [-0.2, -0.15) is 0 Å². The lowest BCUT2D eigenvalue weighted by Gasteiger charge is -2.10. The van der Waals surface area contributed by atoms with Crippen molar-refractivity contribution >= 4 is 11.6 Å². The molecule has 0 aromatic heterocycles. The van der Waals surface area contributed by atoms with Gasteiger partial charge in [0.2, 0.25) is 0 Å². The monoisotopic (exact) mass is 186 g/mol. The molecule has 0 atom stereocenters. The fourth-order valence-corrected chi connectivity index (χ4v) is 0.998. The van der Waals surface area contributed by atoms with Crippen molar-refractivity contribution < 1.29 is 9.84 Å². The van der Waals surface area contributed by atoms with Gasteiger partial charge in [-0.3, -0.25) is 0 Å². The number of benzene rings is 1. The van der Waals surface area contributed by atoms with Crippen LogP contribution in [0.1, 0.15) is 13.8 Å². The van der Waals surface area contributed by atoms with E-state index in [0.29, 0.717) is 10.8 Å². The van der Waals surface area contributed by atoms with Gasteiger partial charge < -0.3 is 9.84 Å². The van der Waals surface area contributed by atoms with Crippen molar-refractivity contribution in [2.75, 3.05) is 0 Å². The van der Waals surface area contributed by atoms with Gasteiger partial charge in [-0.25, -0.2) is 0 Å². The zero-order valence-electron chi connectivity index (χ0n) is 7.04. The summed E-state index contributed by atoms with van der Waals surface area (Å²) in [4.78, 5) is 0. The van der Waals surface area contributed by atoms with Crippen LogP contribution >= 0.6 is 11.6 Å². The Hall–Kier alpha value is -0.890. The van der Waals surface area contributed by atoms with E-state index in [2.05, 4.69) is 0 Å². The lowest BCUT2D eigenvalue weighted by molar-refractivity contribution is 0.232. The van der Waals surface area contributed by atoms with E-state index >= 15 is 0 Å². The summed E-state index contributed by atoms with van der Waals surface area (Å²) in [5, 5.41) is 9.86. The van der Waals surface area contributed by atoms with Crippen LogP contribution in [-0.2, 0) is 0 Å². The summed E-state index contributed by atoms with van der Waals surface area (Å²) in [6.45, 7) is 3.78. The number of halogens is 1. The molecule has 1 aromatic rings. The number of phenols is 1. The summed E-state index contributed by atoms with van der Waals surface area (Å²) in [6, 6.07) is 4.72. The molecule has 2 nitrogen and oxygen atoms in total. The Morgan fingerprint density at radius 1 is 1.42 bits per heavy atom. The molecule has 0 amide bonds. The normalized spacial score (nSPS) is 10.3. The van der Waals surface area contributed by atoms with Gasteiger partial charge in [-0.05, 0) is 26.0 Å². The van der Waals surface area contributed by atoms with Crippen molar-refractivity contribution in [1.82, 2.24) is 0 Å². The maximum absolute atomic E-state index is 9.30. The van der Waals surface area contributed by atoms with E-state index in [4.69, 9.17) is 16.3 Å². The van der Waals surface area contributed by atoms with Crippen molar-refractivity contribution in [3.8, 4) is 11.5 Å². The summed E-state index contributed by atoms with van der Waals surface area (Å²) in [7, 11) is 0. The van der Waals surface area contributed by atoms with Gasteiger partial charge in [-0.1, -0.05) is 11.6 Å². The average Bonchev–Trinajstić information content (AvgIpc) is 1.96. The Morgan fingerprint density at radius 2 is 2.08 bits per heavy atom. The number of hydrogen-bond donors (Lipinski definition) is 1. The van der Waals surface area contributed by atoms with Crippen molar-refractivity contribution in [3.05, 3.63) is 23.2 Å². The topological polar surface area (TPSA) is 29.5 Å². The molecule has 66 valence electrons. The smallest absolute Gasteiger partial charge is 0.162 e. The van der Waals surface area contributed by atoms with Crippen LogP contribution in [0.15, 0.2) is 18.2 Å². The van der Waals surface area contributed by atoms with Crippen molar-refractivity contribution in [2.45, 2.75) is 20.0 Å². The van der Waals surface area contributed by atoms with Crippen LogP contribution in [0.25, 0.3) is 0 Å². The minimum atomic E-state index is 0.0365. The van der Waals surface area contributed by atoms with Crippen molar-refractivity contribution in [2.24, 2.45) is 0 Å². The molecule has 1 aromatic carbocycles. The number of rotatable bonds is 2. The molecule has 0 aliphatic rings. The number of phenolic OH excluding ortho intramolecular Hbond substituents is 1. The third-order valence-electron chi connectivity index (χ3n) is 1.28. The Balaban J connectivity index is 2.90. The van der Waals surface area contributed by atoms with E-state index < -0.39 is 0 Å². The predicted octanol–water partition coefficient (Wildman–Crippen LogP) is 2.83. The van der Waals surface area contributed by atoms with Crippen LogP contribution in [0.5, 0.6) is 11.5 Å². The Bertz CT molecular complexity index is 271. The second-order valence-corrected chi connectivity index (χ2v) is 3.22. The molecule has 0 aliphatic carbocycles. The molecule has 0 saturated heterocycles. The molecule has 1 rings (SSSR count). The van der Waals surface area contributed by atoms with E-state index in [1.54, 1.807) is 12.1 Å². The maximum atomic E-state index is 9.30. The first-order chi connectivity index (χ1) is 5.59. The zero-order valence-corrected chi connectivity index (χ0v) is 7.80. The first-order valence-electron chi connectivity index (χ1n) is 3.75. The van der Waals surface area contributed by atoms with Gasteiger partial charge in [0.05, 0.1) is 6.10 Å². The molecular weight excluding hydrogens is 176 g/mol. The molecule has 0 saturated carbocycles. The van der Waals surface area contributed by atoms with Gasteiger partial charge in [0.15, 0.2) is 11.5 Å². The van der Waals surface area contributed by atoms with E-state index in [0.717, 1.165) is 0 Å². The molecule has 0 heterocycles. The van der Waals surface area contributed by atoms with E-state index in [1.165, 1.54) is 6.07 Å². The molecule has 0 spiro atoms. The lowest BCUT2D eigenvalue weighted by Crippen LogP contribution is -2.05. The molecule has 0 aliphatic heterocycles. The van der Waals surface area contributed by atoms with Gasteiger partial charge in [-0.15, -0.1) is 0 Å². The van der Waals surface area contributed by atoms with Gasteiger partial charge >= 0.3 is 0 Å². The number of aromatic hydroxyl groups is 1. The third-order valence-corrected chi connectivity index (χ3v) is 1.52. The average molecular weight is 187 g/mol. The van der Waals surface area contributed by atoms with Crippen LogP contribution in [-0.4, -0.2) is 11.2 Å². The third kappa shape index (κ3) is 2.31. The summed E-state index contributed by atoms with van der Waals surface area (Å²) in [5.74, 6) is 0.547. The lowest BCUT2D eigenvalue weighted by atomic mass is 10.3. The van der Waals surface area contributed by atoms with E-state index in [-0.39, 0.29) is 11.9 Å². The Morgan fingerprint density at radius 3 is 2.67 bits per heavy atom. The molecule has 0 unspecified atom stereocenters. The van der Waals surface area contributed by atoms with Crippen LogP contribution < -0.4 is 4.74 Å². The number of ether oxygens (including phenoxy) is 1. The minimum absolute atomic E-state index is 0.0365. The highest BCUT2D eigenvalue weighted by atomic mass is 35.5. The highest BCUT2D eigenvalue weighted by Crippen LogP contribution is 2.29. The van der Waals surface area contributed by atoms with E-state index in [1.807, 2.05) is 13.8 Å². The highest BCUT2D eigenvalue weighted by molar-refractivity contribution is 6.30. The summed E-state index contributed by atoms with van der Waals surface area (Å²) in [5.41, 5.74) is 0. The molecule has 0 bridgehead atoms. The van der Waals surface area contributed by atoms with E-state index in [9.17, 15) is 5.11 Å². The highest BCUT2D eigenvalue weighted by Gasteiger charge is 2.04. The fourth-order valence-electron chi connectivity index (χ4n) is 0.836. The molecular formula is C9H11ClO2. The predicted molar refractivity (Wildman–Crippen MR) is 48.9 cm³/mol. The first-order valence-corrected chi connectivity index (χ1v) is 4.12. The van der Waals surface area contributed by atoms with Crippen LogP contribution in [0.4, 0.5) is 0 Å². The summed E-state index contributed by atoms with van der Waals surface area (Å²) >= 11 is 5.71. The van der Waals surface area contributed by atoms with Gasteiger partial charge in [0.1, 0.15) is 0 Å². The van der Waals surface area contributed by atoms with Gasteiger partial charge in [0.25, 0.3) is 0 Å². The second kappa shape index (κ2) is 3.68. The quantitative estimate of drug-likeness (QED) is 0.770. The molecule has 1 N–H and O–H groups in total. The minimum Gasteiger partial charge on any atom is -0.504 e. The first kappa shape index (κ1) is 9.20. The summed E-state index contributed by atoms with van der Waals surface area (Å²) < 4.78 is 5.29. The standard InChI is InChI=1S/C9H11ClO2/c1-6(2)12-9-5-7(10)3-4-8(9)11/h3-6,11H,1-2H3. The SMILES string of the molecule is CC(C)Oc1cc(Cl)ccc1O. The zero-order chi connectivity index (χ0) is 9.14. The largest absolute Gasteiger partial charge is 0.504 e. The molecule has 0 radical (unpaired) electrons. The van der Waals surface area contributed by atoms with Crippen molar-refractivity contribution in [1.29, 1.82) is 0 Å². The van der Waals surface area contributed by atoms with Crippen molar-refractivity contribution in [3.63, 3.8) is 0 Å². The summed E-state index contributed by atoms with van der Waals surface area (Å²) in [6.07, 6.45) is 0.0365. The second-order valence-electron chi connectivity index (χ2n) is 2.78. The number of hydrogen-bond acceptors (Lipinski definition) is 2. The van der Waals surface area contributed by atoms with Crippen LogP contribution in [0.3, 0.4) is 0 Å².